The van der Waals surface area contributed by atoms with Gasteiger partial charge in [0.2, 0.25) is 0 Å². The first-order chi connectivity index (χ1) is 8.29. The number of benzene rings is 1. The molecule has 2 N–H and O–H groups in total. The normalized spacial score (nSPS) is 15.0. The molecule has 0 saturated carbocycles. The first-order valence-corrected chi connectivity index (χ1v) is 5.99. The molecule has 0 atom stereocenters. The number of rotatable bonds is 4. The highest BCUT2D eigenvalue weighted by atomic mass is 16.5. The molecule has 1 aromatic rings. The molecule has 0 aliphatic carbocycles. The molecule has 2 rings (SSSR count). The Kier molecular flexibility index (Phi) is 3.98. The van der Waals surface area contributed by atoms with Crippen molar-refractivity contribution in [1.82, 2.24) is 4.90 Å². The van der Waals surface area contributed by atoms with Crippen LogP contribution in [0.15, 0.2) is 24.3 Å². The summed E-state index contributed by atoms with van der Waals surface area (Å²) in [7, 11) is 0. The third kappa shape index (κ3) is 3.20. The first kappa shape index (κ1) is 11.9. The molecule has 1 aliphatic rings. The molecule has 0 bridgehead atoms. The minimum Gasteiger partial charge on any atom is -0.484 e. The minimum atomic E-state index is 0.0700. The van der Waals surface area contributed by atoms with E-state index < -0.39 is 0 Å². The number of nitrogens with two attached hydrogens (primary N) is 1. The van der Waals surface area contributed by atoms with Crippen molar-refractivity contribution in [2.45, 2.75) is 19.4 Å². The van der Waals surface area contributed by atoms with Crippen molar-refractivity contribution in [1.29, 1.82) is 0 Å². The number of hydrogen-bond acceptors (Lipinski definition) is 3. The fraction of sp³-hybridized carbons (Fsp3) is 0.462. The van der Waals surface area contributed by atoms with E-state index in [1.165, 1.54) is 0 Å². The van der Waals surface area contributed by atoms with Crippen molar-refractivity contribution in [3.05, 3.63) is 29.8 Å². The van der Waals surface area contributed by atoms with Crippen LogP contribution >= 0.6 is 0 Å². The van der Waals surface area contributed by atoms with Crippen LogP contribution in [0.1, 0.15) is 18.4 Å². The first-order valence-electron chi connectivity index (χ1n) is 5.99. The fourth-order valence-electron chi connectivity index (χ4n) is 1.97. The molecule has 0 spiro atoms. The highest BCUT2D eigenvalue weighted by Gasteiger charge is 2.17. The average Bonchev–Trinajstić information content (AvgIpc) is 2.90. The molecule has 0 radical (unpaired) electrons. The van der Waals surface area contributed by atoms with E-state index in [9.17, 15) is 4.79 Å². The van der Waals surface area contributed by atoms with Gasteiger partial charge in [-0.25, -0.2) is 0 Å². The van der Waals surface area contributed by atoms with E-state index in [4.69, 9.17) is 10.5 Å². The maximum absolute atomic E-state index is 11.7. The van der Waals surface area contributed by atoms with Crippen molar-refractivity contribution in [2.75, 3.05) is 19.7 Å². The largest absolute Gasteiger partial charge is 0.484 e. The van der Waals surface area contributed by atoms with Gasteiger partial charge in [-0.05, 0) is 30.5 Å². The lowest BCUT2D eigenvalue weighted by atomic mass is 10.2. The smallest absolute Gasteiger partial charge is 0.260 e. The number of hydrogen-bond donors (Lipinski definition) is 1. The van der Waals surface area contributed by atoms with Crippen LogP contribution in [0.5, 0.6) is 5.75 Å². The summed E-state index contributed by atoms with van der Waals surface area (Å²) in [6, 6.07) is 7.54. The Morgan fingerprint density at radius 1 is 1.35 bits per heavy atom. The van der Waals surface area contributed by atoms with E-state index in [2.05, 4.69) is 0 Å². The van der Waals surface area contributed by atoms with E-state index in [0.717, 1.165) is 31.5 Å². The Labute approximate surface area is 101 Å². The maximum Gasteiger partial charge on any atom is 0.260 e. The second-order valence-corrected chi connectivity index (χ2v) is 4.23. The van der Waals surface area contributed by atoms with Gasteiger partial charge in [-0.1, -0.05) is 12.1 Å². The molecule has 4 nitrogen and oxygen atoms in total. The molecule has 1 heterocycles. The molecular formula is C13H18N2O2. The summed E-state index contributed by atoms with van der Waals surface area (Å²) in [6.45, 7) is 2.33. The van der Waals surface area contributed by atoms with Crippen LogP contribution in [-0.4, -0.2) is 30.5 Å². The van der Waals surface area contributed by atoms with Crippen molar-refractivity contribution in [2.24, 2.45) is 5.73 Å². The fourth-order valence-corrected chi connectivity index (χ4v) is 1.97. The highest BCUT2D eigenvalue weighted by molar-refractivity contribution is 5.78. The maximum atomic E-state index is 11.7. The topological polar surface area (TPSA) is 55.6 Å². The number of amides is 1. The predicted molar refractivity (Wildman–Crippen MR) is 65.6 cm³/mol. The summed E-state index contributed by atoms with van der Waals surface area (Å²) in [6.07, 6.45) is 2.21. The molecule has 1 amide bonds. The van der Waals surface area contributed by atoms with Gasteiger partial charge in [0.15, 0.2) is 6.61 Å². The second kappa shape index (κ2) is 5.68. The van der Waals surface area contributed by atoms with E-state index >= 15 is 0 Å². The summed E-state index contributed by atoms with van der Waals surface area (Å²) in [4.78, 5) is 13.6. The monoisotopic (exact) mass is 234 g/mol. The Bertz CT molecular complexity index is 387. The standard InChI is InChI=1S/C13H18N2O2/c14-9-11-4-3-5-12(8-11)17-10-13(16)15-6-1-2-7-15/h3-5,8H,1-2,6-7,9-10,14H2. The van der Waals surface area contributed by atoms with Gasteiger partial charge in [0, 0.05) is 19.6 Å². The van der Waals surface area contributed by atoms with Gasteiger partial charge in [0.25, 0.3) is 5.91 Å². The van der Waals surface area contributed by atoms with Crippen molar-refractivity contribution in [3.63, 3.8) is 0 Å². The molecule has 1 fully saturated rings. The quantitative estimate of drug-likeness (QED) is 0.850. The summed E-state index contributed by atoms with van der Waals surface area (Å²) in [5.74, 6) is 0.779. The third-order valence-electron chi connectivity index (χ3n) is 2.96. The Balaban J connectivity index is 1.86. The van der Waals surface area contributed by atoms with Crippen LogP contribution < -0.4 is 10.5 Å². The number of ether oxygens (including phenoxy) is 1. The molecular weight excluding hydrogens is 216 g/mol. The molecule has 4 heteroatoms. The molecule has 0 aromatic heterocycles. The van der Waals surface area contributed by atoms with Crippen molar-refractivity contribution >= 4 is 5.91 Å². The van der Waals surface area contributed by atoms with Gasteiger partial charge in [-0.3, -0.25) is 4.79 Å². The summed E-state index contributed by atoms with van der Waals surface area (Å²) in [5.41, 5.74) is 6.55. The van der Waals surface area contributed by atoms with Gasteiger partial charge in [-0.2, -0.15) is 0 Å². The van der Waals surface area contributed by atoms with Crippen LogP contribution in [0.25, 0.3) is 0 Å². The number of carbonyl (C=O) groups is 1. The Morgan fingerprint density at radius 3 is 2.82 bits per heavy atom. The van der Waals surface area contributed by atoms with Gasteiger partial charge >= 0.3 is 0 Å². The third-order valence-corrected chi connectivity index (χ3v) is 2.96. The predicted octanol–water partition coefficient (Wildman–Crippen LogP) is 1.15. The molecule has 92 valence electrons. The molecule has 1 aliphatic heterocycles. The summed E-state index contributed by atoms with van der Waals surface area (Å²) in [5, 5.41) is 0. The van der Waals surface area contributed by atoms with Gasteiger partial charge in [0.1, 0.15) is 5.75 Å². The van der Waals surface area contributed by atoms with E-state index in [-0.39, 0.29) is 12.5 Å². The molecule has 0 unspecified atom stereocenters. The van der Waals surface area contributed by atoms with Crippen molar-refractivity contribution in [3.8, 4) is 5.75 Å². The van der Waals surface area contributed by atoms with E-state index in [1.54, 1.807) is 0 Å². The average molecular weight is 234 g/mol. The zero-order chi connectivity index (χ0) is 12.1. The highest BCUT2D eigenvalue weighted by Crippen LogP contribution is 2.14. The second-order valence-electron chi connectivity index (χ2n) is 4.23. The van der Waals surface area contributed by atoms with Crippen LogP contribution in [0.3, 0.4) is 0 Å². The summed E-state index contributed by atoms with van der Waals surface area (Å²) < 4.78 is 5.48. The Morgan fingerprint density at radius 2 is 2.12 bits per heavy atom. The SMILES string of the molecule is NCc1cccc(OCC(=O)N2CCCC2)c1. The lowest BCUT2D eigenvalue weighted by molar-refractivity contribution is -0.132. The Hall–Kier alpha value is -1.55. The van der Waals surface area contributed by atoms with Crippen LogP contribution in [0.2, 0.25) is 0 Å². The zero-order valence-electron chi connectivity index (χ0n) is 9.89. The van der Waals surface area contributed by atoms with Crippen molar-refractivity contribution < 1.29 is 9.53 Å². The van der Waals surface area contributed by atoms with Gasteiger partial charge in [-0.15, -0.1) is 0 Å². The molecule has 1 aromatic carbocycles. The van der Waals surface area contributed by atoms with Crippen LogP contribution in [-0.2, 0) is 11.3 Å². The van der Waals surface area contributed by atoms with E-state index in [0.29, 0.717) is 12.3 Å². The minimum absolute atomic E-state index is 0.0700. The van der Waals surface area contributed by atoms with Gasteiger partial charge in [0.05, 0.1) is 0 Å². The number of nitrogens with zero attached hydrogens (tertiary/aromatic N) is 1. The zero-order valence-corrected chi connectivity index (χ0v) is 9.89. The van der Waals surface area contributed by atoms with Gasteiger partial charge < -0.3 is 15.4 Å². The molecule has 1 saturated heterocycles. The summed E-state index contributed by atoms with van der Waals surface area (Å²) >= 11 is 0. The molecule has 17 heavy (non-hydrogen) atoms. The lowest BCUT2D eigenvalue weighted by Crippen LogP contribution is -2.32. The van der Waals surface area contributed by atoms with E-state index in [1.807, 2.05) is 29.2 Å². The lowest BCUT2D eigenvalue weighted by Gasteiger charge is -2.15. The van der Waals surface area contributed by atoms with Crippen LogP contribution in [0, 0.1) is 0 Å². The van der Waals surface area contributed by atoms with Crippen LogP contribution in [0.4, 0.5) is 0 Å². The number of likely N-dealkylation sites (tertiary alicyclic amines) is 1. The number of carbonyl (C=O) groups excluding carboxylic acids is 1.